The van der Waals surface area contributed by atoms with E-state index in [0.29, 0.717) is 16.5 Å². The Bertz CT molecular complexity index is 1380. The number of hydrogen-bond acceptors (Lipinski definition) is 4. The molecule has 0 bridgehead atoms. The van der Waals surface area contributed by atoms with E-state index in [1.54, 1.807) is 0 Å². The van der Waals surface area contributed by atoms with Gasteiger partial charge in [-0.15, -0.1) is 11.3 Å². The molecule has 3 aromatic heterocycles. The number of fused-ring (bicyclic) bond motifs is 1. The Labute approximate surface area is 184 Å². The van der Waals surface area contributed by atoms with Gasteiger partial charge in [0, 0.05) is 22.7 Å². The van der Waals surface area contributed by atoms with Crippen LogP contribution in [0.4, 0.5) is 5.13 Å². The van der Waals surface area contributed by atoms with Gasteiger partial charge in [0.1, 0.15) is 17.0 Å². The van der Waals surface area contributed by atoms with Crippen LogP contribution in [-0.4, -0.2) is 20.3 Å². The molecule has 0 saturated carbocycles. The molecule has 6 heteroatoms. The zero-order chi connectivity index (χ0) is 21.4. The molecule has 0 fully saturated rings. The highest BCUT2D eigenvalue weighted by Gasteiger charge is 2.22. The molecule has 0 saturated heterocycles. The van der Waals surface area contributed by atoms with Crippen LogP contribution < -0.4 is 5.32 Å². The van der Waals surface area contributed by atoms with E-state index in [4.69, 9.17) is 4.98 Å². The lowest BCUT2D eigenvalue weighted by atomic mass is 10.1. The Morgan fingerprint density at radius 1 is 0.871 bits per heavy atom. The lowest BCUT2D eigenvalue weighted by Gasteiger charge is -2.06. The summed E-state index contributed by atoms with van der Waals surface area (Å²) in [6, 6.07) is 21.9. The second-order valence-corrected chi connectivity index (χ2v) is 8.33. The van der Waals surface area contributed by atoms with Gasteiger partial charge in [0.25, 0.3) is 5.91 Å². The fraction of sp³-hybridized carbons (Fsp3) is 0.0800. The van der Waals surface area contributed by atoms with E-state index in [0.717, 1.165) is 33.6 Å². The summed E-state index contributed by atoms with van der Waals surface area (Å²) in [7, 11) is 0. The summed E-state index contributed by atoms with van der Waals surface area (Å²) in [6.45, 7) is 4.04. The Balaban J connectivity index is 1.55. The molecule has 0 aliphatic heterocycles. The highest BCUT2D eigenvalue weighted by molar-refractivity contribution is 7.14. The Morgan fingerprint density at radius 3 is 2.39 bits per heavy atom. The summed E-state index contributed by atoms with van der Waals surface area (Å²) in [5.74, 6) is -0.234. The van der Waals surface area contributed by atoms with Crippen molar-refractivity contribution in [3.05, 3.63) is 95.1 Å². The molecule has 152 valence electrons. The number of anilines is 1. The third kappa shape index (κ3) is 3.73. The van der Waals surface area contributed by atoms with Crippen LogP contribution >= 0.6 is 11.3 Å². The van der Waals surface area contributed by atoms with Crippen LogP contribution in [0.3, 0.4) is 0 Å². The monoisotopic (exact) mass is 424 g/mol. The quantitative estimate of drug-likeness (QED) is 0.385. The summed E-state index contributed by atoms with van der Waals surface area (Å²) in [4.78, 5) is 22.8. The van der Waals surface area contributed by atoms with Gasteiger partial charge in [-0.3, -0.25) is 14.5 Å². The van der Waals surface area contributed by atoms with Crippen LogP contribution in [0.25, 0.3) is 28.2 Å². The molecule has 31 heavy (non-hydrogen) atoms. The van der Waals surface area contributed by atoms with Gasteiger partial charge >= 0.3 is 0 Å². The maximum atomic E-state index is 13.4. The number of imidazole rings is 1. The zero-order valence-electron chi connectivity index (χ0n) is 17.2. The number of nitrogens with zero attached hydrogens (tertiary/aromatic N) is 3. The first kappa shape index (κ1) is 19.2. The minimum absolute atomic E-state index is 0.234. The second kappa shape index (κ2) is 7.81. The van der Waals surface area contributed by atoms with Crippen molar-refractivity contribution in [3.8, 4) is 22.5 Å². The molecule has 0 radical (unpaired) electrons. The van der Waals surface area contributed by atoms with Gasteiger partial charge < -0.3 is 0 Å². The molecule has 5 aromatic rings. The van der Waals surface area contributed by atoms with Gasteiger partial charge in [0.15, 0.2) is 5.13 Å². The van der Waals surface area contributed by atoms with Crippen LogP contribution in [0, 0.1) is 13.8 Å². The minimum Gasteiger partial charge on any atom is -0.296 e. The smallest absolute Gasteiger partial charge is 0.276 e. The van der Waals surface area contributed by atoms with Crippen molar-refractivity contribution < 1.29 is 4.79 Å². The maximum Gasteiger partial charge on any atom is 0.276 e. The minimum atomic E-state index is -0.234. The Morgan fingerprint density at radius 2 is 1.61 bits per heavy atom. The number of aromatic nitrogens is 3. The molecule has 5 nitrogen and oxygen atoms in total. The Hall–Kier alpha value is -3.77. The highest BCUT2D eigenvalue weighted by atomic mass is 32.1. The summed E-state index contributed by atoms with van der Waals surface area (Å²) < 4.78 is 1.85. The molecule has 1 N–H and O–H groups in total. The van der Waals surface area contributed by atoms with E-state index in [-0.39, 0.29) is 5.91 Å². The number of carbonyl (C=O) groups excluding carboxylic acids is 1. The largest absolute Gasteiger partial charge is 0.296 e. The molecule has 0 unspecified atom stereocenters. The van der Waals surface area contributed by atoms with Gasteiger partial charge in [0.05, 0.1) is 5.69 Å². The highest BCUT2D eigenvalue weighted by Crippen LogP contribution is 2.28. The maximum absolute atomic E-state index is 13.4. The molecular formula is C25H20N4OS. The first-order valence-electron chi connectivity index (χ1n) is 9.96. The van der Waals surface area contributed by atoms with Crippen molar-refractivity contribution in [1.29, 1.82) is 0 Å². The number of aryl methyl sites for hydroxylation is 2. The first-order valence-corrected chi connectivity index (χ1v) is 10.8. The van der Waals surface area contributed by atoms with Crippen molar-refractivity contribution >= 4 is 28.0 Å². The van der Waals surface area contributed by atoms with Crippen molar-refractivity contribution in [3.63, 3.8) is 0 Å². The van der Waals surface area contributed by atoms with Gasteiger partial charge in [-0.05, 0) is 25.5 Å². The number of pyridine rings is 1. The zero-order valence-corrected chi connectivity index (χ0v) is 18.0. The van der Waals surface area contributed by atoms with Crippen LogP contribution in [0.2, 0.25) is 0 Å². The summed E-state index contributed by atoms with van der Waals surface area (Å²) in [5, 5.41) is 5.48. The standard InChI is InChI=1S/C25H20N4OS/c1-16-8-11-19(12-9-16)22-23(29-14-17(2)10-13-21(29)27-22)24(30)28-25-26-20(15-31-25)18-6-4-3-5-7-18/h3-15H,1-2H3,(H,26,28,30). The molecule has 3 heterocycles. The molecule has 1 amide bonds. The average Bonchev–Trinajstić information content (AvgIpc) is 3.39. The van der Waals surface area contributed by atoms with E-state index in [1.807, 2.05) is 96.6 Å². The summed E-state index contributed by atoms with van der Waals surface area (Å²) >= 11 is 1.41. The van der Waals surface area contributed by atoms with Crippen LogP contribution in [-0.2, 0) is 0 Å². The predicted octanol–water partition coefficient (Wildman–Crippen LogP) is 5.99. The van der Waals surface area contributed by atoms with Gasteiger partial charge in [-0.2, -0.15) is 0 Å². The van der Waals surface area contributed by atoms with Gasteiger partial charge in [0.2, 0.25) is 0 Å². The molecule has 0 aliphatic rings. The van der Waals surface area contributed by atoms with Crippen molar-refractivity contribution in [2.45, 2.75) is 13.8 Å². The van der Waals surface area contributed by atoms with Gasteiger partial charge in [-0.1, -0.05) is 66.2 Å². The number of thiazole rings is 1. The summed E-state index contributed by atoms with van der Waals surface area (Å²) in [5.41, 5.74) is 6.86. The predicted molar refractivity (Wildman–Crippen MR) is 126 cm³/mol. The number of nitrogens with one attached hydrogen (secondary N) is 1. The van der Waals surface area contributed by atoms with Crippen molar-refractivity contribution in [2.24, 2.45) is 0 Å². The van der Waals surface area contributed by atoms with Crippen LogP contribution in [0.1, 0.15) is 21.6 Å². The number of rotatable bonds is 4. The lowest BCUT2D eigenvalue weighted by Crippen LogP contribution is -2.15. The average molecular weight is 425 g/mol. The molecule has 0 atom stereocenters. The lowest BCUT2D eigenvalue weighted by molar-refractivity contribution is 0.102. The SMILES string of the molecule is Cc1ccc(-c2nc3ccc(C)cn3c2C(=O)Nc2nc(-c3ccccc3)cs2)cc1. The second-order valence-electron chi connectivity index (χ2n) is 7.47. The third-order valence-corrected chi connectivity index (χ3v) is 5.86. The molecule has 0 aliphatic carbocycles. The van der Waals surface area contributed by atoms with E-state index >= 15 is 0 Å². The fourth-order valence-corrected chi connectivity index (χ4v) is 4.22. The molecule has 5 rings (SSSR count). The van der Waals surface area contributed by atoms with E-state index in [9.17, 15) is 4.79 Å². The fourth-order valence-electron chi connectivity index (χ4n) is 3.51. The topological polar surface area (TPSA) is 59.3 Å². The normalized spacial score (nSPS) is 11.0. The first-order chi connectivity index (χ1) is 15.1. The molecule has 0 spiro atoms. The third-order valence-electron chi connectivity index (χ3n) is 5.10. The molecular weight excluding hydrogens is 404 g/mol. The van der Waals surface area contributed by atoms with Crippen LogP contribution in [0.15, 0.2) is 78.3 Å². The van der Waals surface area contributed by atoms with E-state index in [2.05, 4.69) is 10.3 Å². The number of amides is 1. The summed E-state index contributed by atoms with van der Waals surface area (Å²) in [6.07, 6.45) is 1.94. The van der Waals surface area contributed by atoms with Crippen molar-refractivity contribution in [2.75, 3.05) is 5.32 Å². The van der Waals surface area contributed by atoms with Crippen LogP contribution in [0.5, 0.6) is 0 Å². The van der Waals surface area contributed by atoms with Gasteiger partial charge in [-0.25, -0.2) is 9.97 Å². The Kier molecular flexibility index (Phi) is 4.84. The number of benzene rings is 2. The molecule has 2 aromatic carbocycles. The van der Waals surface area contributed by atoms with E-state index in [1.165, 1.54) is 11.3 Å². The van der Waals surface area contributed by atoms with E-state index < -0.39 is 0 Å². The number of carbonyl (C=O) groups is 1. The van der Waals surface area contributed by atoms with Crippen molar-refractivity contribution in [1.82, 2.24) is 14.4 Å². The number of hydrogen-bond donors (Lipinski definition) is 1.